The molecule has 0 radical (unpaired) electrons. The molecular weight excluding hydrogens is 621 g/mol. The van der Waals surface area contributed by atoms with Gasteiger partial charge in [0, 0.05) is 27.5 Å². The topological polar surface area (TPSA) is 43.6 Å². The Kier molecular flexibility index (Phi) is 6.78. The molecule has 4 heteroatoms. The zero-order chi connectivity index (χ0) is 33.7. The highest BCUT2D eigenvalue weighted by atomic mass is 15.1. The lowest BCUT2D eigenvalue weighted by atomic mass is 9.97. The van der Waals surface area contributed by atoms with E-state index in [1.807, 2.05) is 18.2 Å². The first-order chi connectivity index (χ1) is 25.3. The fourth-order valence-electron chi connectivity index (χ4n) is 7.39. The molecule has 0 saturated carbocycles. The van der Waals surface area contributed by atoms with Gasteiger partial charge in [-0.25, -0.2) is 15.0 Å². The summed E-state index contributed by atoms with van der Waals surface area (Å²) in [6.07, 6.45) is 0. The Labute approximate surface area is 295 Å². The first kappa shape index (κ1) is 29.0. The van der Waals surface area contributed by atoms with Crippen molar-refractivity contribution in [2.75, 3.05) is 0 Å². The Morgan fingerprint density at radius 3 is 1.67 bits per heavy atom. The lowest BCUT2D eigenvalue weighted by molar-refractivity contribution is 1.06. The molecule has 238 valence electrons. The number of para-hydroxylation sites is 2. The number of hydrogen-bond acceptors (Lipinski definition) is 3. The number of fused-ring (bicyclic) bond motifs is 5. The predicted octanol–water partition coefficient (Wildman–Crippen LogP) is 11.9. The Morgan fingerprint density at radius 2 is 0.863 bits per heavy atom. The van der Waals surface area contributed by atoms with Crippen molar-refractivity contribution in [3.63, 3.8) is 0 Å². The summed E-state index contributed by atoms with van der Waals surface area (Å²) in [6.45, 7) is 0. The molecule has 0 spiro atoms. The third-order valence-corrected chi connectivity index (χ3v) is 9.84. The molecule has 0 N–H and O–H groups in total. The van der Waals surface area contributed by atoms with Crippen LogP contribution in [0.4, 0.5) is 0 Å². The molecule has 0 atom stereocenters. The van der Waals surface area contributed by atoms with Crippen LogP contribution in [0, 0.1) is 0 Å². The van der Waals surface area contributed by atoms with Crippen LogP contribution in [0.15, 0.2) is 182 Å². The normalized spacial score (nSPS) is 11.5. The second kappa shape index (κ2) is 11.9. The van der Waals surface area contributed by atoms with Gasteiger partial charge in [0.05, 0.1) is 16.7 Å². The molecule has 0 saturated heterocycles. The van der Waals surface area contributed by atoms with E-state index in [0.717, 1.165) is 39.0 Å². The highest BCUT2D eigenvalue weighted by Crippen LogP contribution is 2.38. The average molecular weight is 651 g/mol. The molecule has 0 unspecified atom stereocenters. The molecule has 2 heterocycles. The highest BCUT2D eigenvalue weighted by molar-refractivity contribution is 6.14. The van der Waals surface area contributed by atoms with Crippen molar-refractivity contribution in [2.24, 2.45) is 0 Å². The highest BCUT2D eigenvalue weighted by Gasteiger charge is 2.19. The minimum absolute atomic E-state index is 0.624. The van der Waals surface area contributed by atoms with E-state index in [0.29, 0.717) is 17.5 Å². The van der Waals surface area contributed by atoms with E-state index in [4.69, 9.17) is 15.0 Å². The number of hydrogen-bond donors (Lipinski definition) is 0. The van der Waals surface area contributed by atoms with Crippen molar-refractivity contribution in [3.8, 4) is 51.0 Å². The molecule has 10 rings (SSSR count). The minimum Gasteiger partial charge on any atom is -0.308 e. The lowest BCUT2D eigenvalue weighted by Crippen LogP contribution is -2.03. The first-order valence-electron chi connectivity index (χ1n) is 17.2. The van der Waals surface area contributed by atoms with Crippen molar-refractivity contribution in [1.29, 1.82) is 0 Å². The van der Waals surface area contributed by atoms with Crippen molar-refractivity contribution in [1.82, 2.24) is 19.5 Å². The fourth-order valence-corrected chi connectivity index (χ4v) is 7.39. The van der Waals surface area contributed by atoms with Crippen LogP contribution in [0.2, 0.25) is 0 Å². The largest absolute Gasteiger partial charge is 0.308 e. The van der Waals surface area contributed by atoms with Crippen LogP contribution >= 0.6 is 0 Å². The van der Waals surface area contributed by atoms with Gasteiger partial charge in [-0.2, -0.15) is 0 Å². The number of rotatable bonds is 5. The minimum atomic E-state index is 0.624. The number of aromatic nitrogens is 4. The molecule has 4 nitrogen and oxygen atoms in total. The smallest absolute Gasteiger partial charge is 0.166 e. The SMILES string of the molecule is c1ccc(-c2nc(-c3ccc(-c4cccc5ccccc45)cc3)nc(-c3ccccc3-n3c4ccccc4c4cc5ccccc5cc43)n2)cc1. The van der Waals surface area contributed by atoms with Crippen LogP contribution in [0.5, 0.6) is 0 Å². The Bertz CT molecular complexity index is 2900. The molecule has 51 heavy (non-hydrogen) atoms. The van der Waals surface area contributed by atoms with E-state index in [-0.39, 0.29) is 0 Å². The second-order valence-electron chi connectivity index (χ2n) is 12.9. The van der Waals surface area contributed by atoms with Crippen molar-refractivity contribution in [2.45, 2.75) is 0 Å². The van der Waals surface area contributed by atoms with Crippen LogP contribution in [-0.4, -0.2) is 19.5 Å². The summed E-state index contributed by atoms with van der Waals surface area (Å²) in [5, 5.41) is 7.31. The van der Waals surface area contributed by atoms with Gasteiger partial charge in [-0.1, -0.05) is 152 Å². The molecule has 0 fully saturated rings. The maximum atomic E-state index is 5.20. The lowest BCUT2D eigenvalue weighted by Gasteiger charge is -2.15. The molecule has 0 aliphatic heterocycles. The predicted molar refractivity (Wildman–Crippen MR) is 211 cm³/mol. The molecule has 10 aromatic rings. The maximum Gasteiger partial charge on any atom is 0.166 e. The van der Waals surface area contributed by atoms with Crippen molar-refractivity contribution >= 4 is 43.4 Å². The van der Waals surface area contributed by atoms with Gasteiger partial charge in [0.1, 0.15) is 0 Å². The molecular formula is C47H30N4. The summed E-state index contributed by atoms with van der Waals surface area (Å²) in [6, 6.07) is 63.9. The molecule has 0 bridgehead atoms. The summed E-state index contributed by atoms with van der Waals surface area (Å²) < 4.78 is 2.36. The molecule has 2 aromatic heterocycles. The number of benzene rings is 8. The summed E-state index contributed by atoms with van der Waals surface area (Å²) in [4.78, 5) is 15.4. The van der Waals surface area contributed by atoms with Gasteiger partial charge in [0.2, 0.25) is 0 Å². The average Bonchev–Trinajstić information content (AvgIpc) is 3.53. The third kappa shape index (κ3) is 4.96. The zero-order valence-corrected chi connectivity index (χ0v) is 27.6. The van der Waals surface area contributed by atoms with Crippen molar-refractivity contribution in [3.05, 3.63) is 182 Å². The van der Waals surface area contributed by atoms with Crippen LogP contribution < -0.4 is 0 Å². The standard InChI is InChI=1S/C47H30N4/c1-2-14-33(15-3-1)45-48-46(34-27-25-32(26-28-34)38-22-12-18-31-13-6-7-19-37(31)38)50-47(49-45)40-21-9-11-24-43(40)51-42-23-10-8-20-39(42)41-29-35-16-4-5-17-36(35)30-44(41)51/h1-30H. The van der Waals surface area contributed by atoms with Gasteiger partial charge < -0.3 is 4.57 Å². The van der Waals surface area contributed by atoms with E-state index in [1.54, 1.807) is 0 Å². The quantitative estimate of drug-likeness (QED) is 0.186. The van der Waals surface area contributed by atoms with Crippen LogP contribution in [0.3, 0.4) is 0 Å². The van der Waals surface area contributed by atoms with E-state index in [1.165, 1.54) is 37.9 Å². The van der Waals surface area contributed by atoms with Gasteiger partial charge in [-0.15, -0.1) is 0 Å². The van der Waals surface area contributed by atoms with Gasteiger partial charge in [-0.05, 0) is 63.0 Å². The van der Waals surface area contributed by atoms with E-state index in [9.17, 15) is 0 Å². The molecule has 8 aromatic carbocycles. The Hall–Kier alpha value is -6.91. The zero-order valence-electron chi connectivity index (χ0n) is 27.6. The Balaban J connectivity index is 1.17. The van der Waals surface area contributed by atoms with Crippen molar-refractivity contribution < 1.29 is 0 Å². The summed E-state index contributed by atoms with van der Waals surface area (Å²) in [7, 11) is 0. The van der Waals surface area contributed by atoms with Gasteiger partial charge >= 0.3 is 0 Å². The first-order valence-corrected chi connectivity index (χ1v) is 17.2. The van der Waals surface area contributed by atoms with E-state index in [2.05, 4.69) is 168 Å². The van der Waals surface area contributed by atoms with E-state index >= 15 is 0 Å². The summed E-state index contributed by atoms with van der Waals surface area (Å²) in [5.74, 6) is 1.89. The maximum absolute atomic E-state index is 5.20. The molecule has 0 aliphatic rings. The van der Waals surface area contributed by atoms with Crippen LogP contribution in [0.25, 0.3) is 94.3 Å². The Morgan fingerprint density at radius 1 is 0.314 bits per heavy atom. The number of nitrogens with zero attached hydrogens (tertiary/aromatic N) is 4. The third-order valence-electron chi connectivity index (χ3n) is 9.84. The van der Waals surface area contributed by atoms with Crippen LogP contribution in [-0.2, 0) is 0 Å². The molecule has 0 aliphatic carbocycles. The van der Waals surface area contributed by atoms with Gasteiger partial charge in [0.25, 0.3) is 0 Å². The summed E-state index contributed by atoms with van der Waals surface area (Å²) in [5.41, 5.74) is 8.45. The van der Waals surface area contributed by atoms with Gasteiger partial charge in [-0.3, -0.25) is 0 Å². The van der Waals surface area contributed by atoms with E-state index < -0.39 is 0 Å². The fraction of sp³-hybridized carbons (Fsp3) is 0. The van der Waals surface area contributed by atoms with Crippen LogP contribution in [0.1, 0.15) is 0 Å². The summed E-state index contributed by atoms with van der Waals surface area (Å²) >= 11 is 0. The molecule has 0 amide bonds. The second-order valence-corrected chi connectivity index (χ2v) is 12.9. The monoisotopic (exact) mass is 650 g/mol. The van der Waals surface area contributed by atoms with Gasteiger partial charge in [0.15, 0.2) is 17.5 Å².